The van der Waals surface area contributed by atoms with Crippen LogP contribution in [-0.2, 0) is 11.8 Å². The van der Waals surface area contributed by atoms with E-state index in [1.165, 1.54) is 7.05 Å². The van der Waals surface area contributed by atoms with Gasteiger partial charge in [0.2, 0.25) is 0 Å². The van der Waals surface area contributed by atoms with E-state index in [9.17, 15) is 19.2 Å². The minimum atomic E-state index is -1.16. The summed E-state index contributed by atoms with van der Waals surface area (Å²) < 4.78 is 0.747. The Morgan fingerprint density at radius 1 is 1.45 bits per heavy atom. The Morgan fingerprint density at radius 2 is 2.10 bits per heavy atom. The highest BCUT2D eigenvalue weighted by Crippen LogP contribution is 2.02. The number of carbonyl (C=O) groups is 2. The van der Waals surface area contributed by atoms with E-state index in [1.807, 2.05) is 6.92 Å². The standard InChI is InChI=1S/C12H17N3O5/c1-3-4-5-8(11(18)19)14-9(16)7-6-13-12(20)15(2)10(7)17/h6,8H,3-5H2,1-2H3,(H,13,20)(H,14,16)(H,18,19). The fourth-order valence-electron chi connectivity index (χ4n) is 1.63. The third-order valence-electron chi connectivity index (χ3n) is 2.87. The Morgan fingerprint density at radius 3 is 2.65 bits per heavy atom. The maximum atomic E-state index is 11.9. The Hall–Kier alpha value is -2.38. The van der Waals surface area contributed by atoms with Gasteiger partial charge in [-0.1, -0.05) is 19.8 Å². The van der Waals surface area contributed by atoms with Crippen molar-refractivity contribution in [2.45, 2.75) is 32.2 Å². The van der Waals surface area contributed by atoms with E-state index in [-0.39, 0.29) is 12.0 Å². The highest BCUT2D eigenvalue weighted by atomic mass is 16.4. The van der Waals surface area contributed by atoms with Crippen LogP contribution >= 0.6 is 0 Å². The van der Waals surface area contributed by atoms with Crippen molar-refractivity contribution < 1.29 is 14.7 Å². The van der Waals surface area contributed by atoms with Crippen LogP contribution in [0.15, 0.2) is 15.8 Å². The SMILES string of the molecule is CCCCC(NC(=O)c1c[nH]c(=O)n(C)c1=O)C(=O)O. The second-order valence-corrected chi connectivity index (χ2v) is 4.38. The lowest BCUT2D eigenvalue weighted by Gasteiger charge is -2.13. The molecule has 1 atom stereocenters. The molecule has 1 heterocycles. The molecule has 0 saturated heterocycles. The molecule has 1 aromatic rings. The van der Waals surface area contributed by atoms with E-state index >= 15 is 0 Å². The van der Waals surface area contributed by atoms with Gasteiger partial charge in [-0.25, -0.2) is 9.59 Å². The number of carbonyl (C=O) groups excluding carboxylic acids is 1. The molecule has 0 aromatic carbocycles. The molecule has 8 nitrogen and oxygen atoms in total. The molecule has 0 fully saturated rings. The number of rotatable bonds is 6. The average Bonchev–Trinajstić information content (AvgIpc) is 2.40. The fraction of sp³-hybridized carbons (Fsp3) is 0.500. The highest BCUT2D eigenvalue weighted by molar-refractivity contribution is 5.95. The number of carboxylic acid groups (broad SMARTS) is 1. The number of aliphatic carboxylic acids is 1. The Kier molecular flexibility index (Phi) is 5.24. The topological polar surface area (TPSA) is 121 Å². The van der Waals surface area contributed by atoms with Crippen molar-refractivity contribution in [3.63, 3.8) is 0 Å². The number of aromatic nitrogens is 2. The van der Waals surface area contributed by atoms with E-state index in [0.717, 1.165) is 17.2 Å². The minimum Gasteiger partial charge on any atom is -0.480 e. The van der Waals surface area contributed by atoms with Crippen LogP contribution in [0.4, 0.5) is 0 Å². The molecule has 0 spiro atoms. The van der Waals surface area contributed by atoms with Crippen molar-refractivity contribution in [2.75, 3.05) is 0 Å². The lowest BCUT2D eigenvalue weighted by Crippen LogP contribution is -2.44. The van der Waals surface area contributed by atoms with Gasteiger partial charge < -0.3 is 15.4 Å². The molecule has 3 N–H and O–H groups in total. The van der Waals surface area contributed by atoms with Crippen molar-refractivity contribution in [2.24, 2.45) is 7.05 Å². The molecule has 0 saturated carbocycles. The normalized spacial score (nSPS) is 11.9. The fourth-order valence-corrected chi connectivity index (χ4v) is 1.63. The number of amides is 1. The van der Waals surface area contributed by atoms with Gasteiger partial charge in [-0.15, -0.1) is 0 Å². The Balaban J connectivity index is 2.95. The summed E-state index contributed by atoms with van der Waals surface area (Å²) in [5, 5.41) is 11.3. The first-order valence-electron chi connectivity index (χ1n) is 6.20. The predicted molar refractivity (Wildman–Crippen MR) is 70.7 cm³/mol. The average molecular weight is 283 g/mol. The van der Waals surface area contributed by atoms with Gasteiger partial charge in [0.25, 0.3) is 11.5 Å². The van der Waals surface area contributed by atoms with Crippen LogP contribution in [0.2, 0.25) is 0 Å². The lowest BCUT2D eigenvalue weighted by atomic mass is 10.1. The zero-order valence-electron chi connectivity index (χ0n) is 11.3. The van der Waals surface area contributed by atoms with Gasteiger partial charge in [-0.05, 0) is 6.42 Å². The quantitative estimate of drug-likeness (QED) is 0.646. The van der Waals surface area contributed by atoms with E-state index < -0.39 is 29.2 Å². The number of H-pyrrole nitrogens is 1. The summed E-state index contributed by atoms with van der Waals surface area (Å²) in [5.74, 6) is -1.97. The number of carboxylic acids is 1. The van der Waals surface area contributed by atoms with Gasteiger partial charge in [-0.3, -0.25) is 14.2 Å². The number of aromatic amines is 1. The Bertz CT molecular complexity index is 616. The summed E-state index contributed by atoms with van der Waals surface area (Å²) in [6.45, 7) is 1.90. The third-order valence-corrected chi connectivity index (χ3v) is 2.87. The van der Waals surface area contributed by atoms with Crippen LogP contribution in [0.25, 0.3) is 0 Å². The second-order valence-electron chi connectivity index (χ2n) is 4.38. The molecule has 1 aromatic heterocycles. The van der Waals surface area contributed by atoms with Gasteiger partial charge >= 0.3 is 11.7 Å². The van der Waals surface area contributed by atoms with Gasteiger partial charge in [0.05, 0.1) is 0 Å². The van der Waals surface area contributed by atoms with Gasteiger partial charge in [0.1, 0.15) is 11.6 Å². The van der Waals surface area contributed by atoms with Crippen molar-refractivity contribution >= 4 is 11.9 Å². The third kappa shape index (κ3) is 3.56. The molecule has 1 rings (SSSR count). The minimum absolute atomic E-state index is 0.279. The van der Waals surface area contributed by atoms with Gasteiger partial charge in [0, 0.05) is 13.2 Å². The molecule has 0 radical (unpaired) electrons. The number of nitrogens with zero attached hydrogens (tertiary/aromatic N) is 1. The second kappa shape index (κ2) is 6.69. The largest absolute Gasteiger partial charge is 0.480 e. The maximum Gasteiger partial charge on any atom is 0.328 e. The molecular weight excluding hydrogens is 266 g/mol. The molecule has 0 aliphatic carbocycles. The van der Waals surface area contributed by atoms with Crippen molar-refractivity contribution in [1.29, 1.82) is 0 Å². The summed E-state index contributed by atoms with van der Waals surface area (Å²) >= 11 is 0. The number of unbranched alkanes of at least 4 members (excludes halogenated alkanes) is 1. The molecule has 0 bridgehead atoms. The van der Waals surface area contributed by atoms with E-state index in [1.54, 1.807) is 0 Å². The highest BCUT2D eigenvalue weighted by Gasteiger charge is 2.22. The number of nitrogens with one attached hydrogen (secondary N) is 2. The van der Waals surface area contributed by atoms with E-state index in [4.69, 9.17) is 5.11 Å². The molecule has 110 valence electrons. The van der Waals surface area contributed by atoms with Crippen LogP contribution in [-0.4, -0.2) is 32.6 Å². The Labute approximate surface area is 114 Å². The molecule has 0 aliphatic heterocycles. The van der Waals surface area contributed by atoms with Crippen molar-refractivity contribution in [3.8, 4) is 0 Å². The molecule has 1 unspecified atom stereocenters. The molecule has 0 aliphatic rings. The summed E-state index contributed by atoms with van der Waals surface area (Å²) in [7, 11) is 1.23. The van der Waals surface area contributed by atoms with E-state index in [2.05, 4.69) is 10.3 Å². The molecule has 20 heavy (non-hydrogen) atoms. The van der Waals surface area contributed by atoms with Crippen LogP contribution in [0.3, 0.4) is 0 Å². The van der Waals surface area contributed by atoms with Crippen LogP contribution in [0, 0.1) is 0 Å². The number of hydrogen-bond acceptors (Lipinski definition) is 4. The number of hydrogen-bond donors (Lipinski definition) is 3. The van der Waals surface area contributed by atoms with Gasteiger partial charge in [0.15, 0.2) is 0 Å². The van der Waals surface area contributed by atoms with Crippen molar-refractivity contribution in [3.05, 3.63) is 32.6 Å². The van der Waals surface area contributed by atoms with Crippen LogP contribution < -0.4 is 16.6 Å². The summed E-state index contributed by atoms with van der Waals surface area (Å²) in [5.41, 5.74) is -1.71. The smallest absolute Gasteiger partial charge is 0.328 e. The molecular formula is C12H17N3O5. The lowest BCUT2D eigenvalue weighted by molar-refractivity contribution is -0.139. The van der Waals surface area contributed by atoms with Crippen LogP contribution in [0.1, 0.15) is 36.5 Å². The first-order chi connectivity index (χ1) is 9.38. The van der Waals surface area contributed by atoms with Crippen LogP contribution in [0.5, 0.6) is 0 Å². The maximum absolute atomic E-state index is 11.9. The van der Waals surface area contributed by atoms with Gasteiger partial charge in [-0.2, -0.15) is 0 Å². The summed E-state index contributed by atoms with van der Waals surface area (Å²) in [4.78, 5) is 48.1. The first kappa shape index (κ1) is 15.7. The molecule has 1 amide bonds. The summed E-state index contributed by atoms with van der Waals surface area (Å²) in [6, 6.07) is -1.06. The monoisotopic (exact) mass is 283 g/mol. The molecule has 8 heteroatoms. The van der Waals surface area contributed by atoms with E-state index in [0.29, 0.717) is 6.42 Å². The first-order valence-corrected chi connectivity index (χ1v) is 6.20. The van der Waals surface area contributed by atoms with Crippen molar-refractivity contribution in [1.82, 2.24) is 14.9 Å². The zero-order chi connectivity index (χ0) is 15.3. The summed E-state index contributed by atoms with van der Waals surface area (Å²) in [6.07, 6.45) is 2.70. The predicted octanol–water partition coefficient (Wildman–Crippen LogP) is -0.553. The zero-order valence-corrected chi connectivity index (χ0v) is 11.3.